The summed E-state index contributed by atoms with van der Waals surface area (Å²) in [5, 5.41) is 11.7. The number of nitrogens with one attached hydrogen (secondary N) is 1. The zero-order valence-corrected chi connectivity index (χ0v) is 15.2. The molecule has 0 fully saturated rings. The Morgan fingerprint density at radius 3 is 2.12 bits per heavy atom. The minimum absolute atomic E-state index is 0.0889. The van der Waals surface area contributed by atoms with Crippen LogP contribution in [0.15, 0.2) is 42.5 Å². The Bertz CT molecular complexity index is 924. The number of Topliss-reactive ketones (excluding diaryl/α,β-unsaturated/α-hetero) is 1. The number of carboxylic acids is 1. The predicted molar refractivity (Wildman–Crippen MR) is 98.9 cm³/mol. The van der Waals surface area contributed by atoms with Gasteiger partial charge in [0.2, 0.25) is 0 Å². The molecule has 0 aromatic heterocycles. The van der Waals surface area contributed by atoms with Gasteiger partial charge in [-0.2, -0.15) is 0 Å². The van der Waals surface area contributed by atoms with E-state index in [0.29, 0.717) is 11.3 Å². The van der Waals surface area contributed by atoms with Gasteiger partial charge in [0.05, 0.1) is 11.0 Å². The fraction of sp³-hybridized carbons (Fsp3) is 0.286. The predicted octanol–water partition coefficient (Wildman–Crippen LogP) is 3.78. The molecule has 0 radical (unpaired) electrons. The lowest BCUT2D eigenvalue weighted by Gasteiger charge is -2.22. The Morgan fingerprint density at radius 2 is 1.54 bits per heavy atom. The largest absolute Gasteiger partial charge is 0.478 e. The van der Waals surface area contributed by atoms with Crippen LogP contribution in [0, 0.1) is 0 Å². The third-order valence-corrected chi connectivity index (χ3v) is 5.13. The second-order valence-electron chi connectivity index (χ2n) is 7.64. The van der Waals surface area contributed by atoms with Gasteiger partial charge in [0, 0.05) is 16.7 Å². The zero-order chi connectivity index (χ0) is 19.3. The first-order valence-corrected chi connectivity index (χ1v) is 8.40. The third-order valence-electron chi connectivity index (χ3n) is 5.13. The molecule has 5 nitrogen and oxygen atoms in total. The molecule has 2 N–H and O–H groups in total. The first kappa shape index (κ1) is 17.9. The maximum Gasteiger partial charge on any atom is 0.335 e. The molecule has 0 saturated heterocycles. The molecule has 1 aliphatic carbocycles. The molecule has 0 spiro atoms. The van der Waals surface area contributed by atoms with E-state index in [1.807, 2.05) is 33.8 Å². The summed E-state index contributed by atoms with van der Waals surface area (Å²) in [5.74, 6) is -1.25. The number of hydrogen-bond donors (Lipinski definition) is 2. The first-order chi connectivity index (χ1) is 12.1. The van der Waals surface area contributed by atoms with Crippen LogP contribution in [0.1, 0.15) is 59.5 Å². The minimum Gasteiger partial charge on any atom is -0.478 e. The Morgan fingerprint density at radius 1 is 0.923 bits per heavy atom. The molecule has 0 heterocycles. The maximum absolute atomic E-state index is 12.9. The van der Waals surface area contributed by atoms with Gasteiger partial charge in [0.25, 0.3) is 5.91 Å². The molecule has 0 unspecified atom stereocenters. The normalized spacial score (nSPS) is 16.8. The first-order valence-electron chi connectivity index (χ1n) is 8.40. The van der Waals surface area contributed by atoms with Crippen molar-refractivity contribution in [1.82, 2.24) is 0 Å². The molecule has 26 heavy (non-hydrogen) atoms. The van der Waals surface area contributed by atoms with Crippen molar-refractivity contribution in [3.8, 4) is 0 Å². The van der Waals surface area contributed by atoms with Crippen molar-refractivity contribution < 1.29 is 19.5 Å². The van der Waals surface area contributed by atoms with Gasteiger partial charge in [0.15, 0.2) is 5.78 Å². The van der Waals surface area contributed by atoms with Crippen LogP contribution in [0.25, 0.3) is 0 Å². The van der Waals surface area contributed by atoms with Crippen molar-refractivity contribution in [3.05, 3.63) is 64.7 Å². The quantitative estimate of drug-likeness (QED) is 0.881. The molecule has 0 aliphatic heterocycles. The van der Waals surface area contributed by atoms with Crippen molar-refractivity contribution in [2.75, 3.05) is 5.32 Å². The number of fused-ring (bicyclic) bond motifs is 1. The van der Waals surface area contributed by atoms with E-state index in [1.165, 1.54) is 12.1 Å². The summed E-state index contributed by atoms with van der Waals surface area (Å²) < 4.78 is 0. The second kappa shape index (κ2) is 5.80. The van der Waals surface area contributed by atoms with Crippen LogP contribution < -0.4 is 5.32 Å². The molecule has 2 aromatic rings. The topological polar surface area (TPSA) is 83.5 Å². The van der Waals surface area contributed by atoms with E-state index in [-0.39, 0.29) is 17.3 Å². The highest BCUT2D eigenvalue weighted by atomic mass is 16.4. The van der Waals surface area contributed by atoms with E-state index < -0.39 is 16.8 Å². The molecule has 2 aromatic carbocycles. The Hall–Kier alpha value is -2.95. The molecule has 0 saturated carbocycles. The van der Waals surface area contributed by atoms with Gasteiger partial charge in [-0.25, -0.2) is 4.79 Å². The van der Waals surface area contributed by atoms with E-state index in [2.05, 4.69) is 5.32 Å². The summed E-state index contributed by atoms with van der Waals surface area (Å²) in [6.45, 7) is 7.47. The van der Waals surface area contributed by atoms with Gasteiger partial charge in [0.1, 0.15) is 0 Å². The summed E-state index contributed by atoms with van der Waals surface area (Å²) in [4.78, 5) is 36.6. The Labute approximate surface area is 152 Å². The molecule has 1 aliphatic rings. The van der Waals surface area contributed by atoms with Crippen molar-refractivity contribution in [1.29, 1.82) is 0 Å². The highest BCUT2D eigenvalue weighted by Crippen LogP contribution is 2.47. The van der Waals surface area contributed by atoms with Gasteiger partial charge in [-0.15, -0.1) is 0 Å². The smallest absolute Gasteiger partial charge is 0.335 e. The van der Waals surface area contributed by atoms with E-state index in [4.69, 9.17) is 5.11 Å². The van der Waals surface area contributed by atoms with Crippen LogP contribution in [0.4, 0.5) is 5.69 Å². The van der Waals surface area contributed by atoms with E-state index in [9.17, 15) is 14.4 Å². The van der Waals surface area contributed by atoms with Crippen molar-refractivity contribution >= 4 is 23.3 Å². The lowest BCUT2D eigenvalue weighted by atomic mass is 9.79. The Kier molecular flexibility index (Phi) is 3.98. The number of benzene rings is 2. The van der Waals surface area contributed by atoms with Crippen LogP contribution in [-0.2, 0) is 15.6 Å². The lowest BCUT2D eigenvalue weighted by Crippen LogP contribution is -2.34. The number of carboxylic acid groups (broad SMARTS) is 1. The number of amides is 1. The number of ketones is 1. The van der Waals surface area contributed by atoms with Gasteiger partial charge < -0.3 is 10.4 Å². The summed E-state index contributed by atoms with van der Waals surface area (Å²) in [6, 6.07) is 11.4. The second-order valence-corrected chi connectivity index (χ2v) is 7.64. The van der Waals surface area contributed by atoms with E-state index >= 15 is 0 Å². The molecule has 134 valence electrons. The molecular weight excluding hydrogens is 330 g/mol. The van der Waals surface area contributed by atoms with Gasteiger partial charge >= 0.3 is 5.97 Å². The van der Waals surface area contributed by atoms with E-state index in [1.54, 1.807) is 24.3 Å². The number of hydrogen-bond acceptors (Lipinski definition) is 3. The van der Waals surface area contributed by atoms with Crippen LogP contribution in [0.5, 0.6) is 0 Å². The summed E-state index contributed by atoms with van der Waals surface area (Å²) in [7, 11) is 0. The molecule has 0 bridgehead atoms. The maximum atomic E-state index is 12.9. The number of rotatable bonds is 3. The number of carbonyl (C=O) groups excluding carboxylic acids is 2. The van der Waals surface area contributed by atoms with Crippen molar-refractivity contribution in [2.45, 2.75) is 38.5 Å². The summed E-state index contributed by atoms with van der Waals surface area (Å²) >= 11 is 0. The van der Waals surface area contributed by atoms with Crippen LogP contribution >= 0.6 is 0 Å². The van der Waals surface area contributed by atoms with Crippen LogP contribution in [0.2, 0.25) is 0 Å². The number of carbonyl (C=O) groups is 3. The molecule has 5 heteroatoms. The average Bonchev–Trinajstić information content (AvgIpc) is 2.73. The average molecular weight is 351 g/mol. The Balaban J connectivity index is 1.99. The summed E-state index contributed by atoms with van der Waals surface area (Å²) in [5.41, 5.74) is 1.36. The third kappa shape index (κ3) is 2.60. The number of anilines is 1. The molecule has 1 amide bonds. The summed E-state index contributed by atoms with van der Waals surface area (Å²) in [6.07, 6.45) is 0. The molecule has 0 atom stereocenters. The number of aromatic carboxylic acids is 1. The van der Waals surface area contributed by atoms with Gasteiger partial charge in [-0.3, -0.25) is 9.59 Å². The molecule has 3 rings (SSSR count). The van der Waals surface area contributed by atoms with Crippen LogP contribution in [-0.4, -0.2) is 22.8 Å². The van der Waals surface area contributed by atoms with Crippen LogP contribution in [0.3, 0.4) is 0 Å². The molecular formula is C21H21NO4. The highest BCUT2D eigenvalue weighted by Gasteiger charge is 2.51. The highest BCUT2D eigenvalue weighted by molar-refractivity contribution is 6.11. The van der Waals surface area contributed by atoms with Crippen molar-refractivity contribution in [2.24, 2.45) is 0 Å². The van der Waals surface area contributed by atoms with Gasteiger partial charge in [-0.05, 0) is 69.2 Å². The SMILES string of the molecule is CC1(C)C(=O)C(C)(C)c2c(C(=O)Nc3ccc(C(=O)O)cc3)cccc21. The van der Waals surface area contributed by atoms with Gasteiger partial charge in [-0.1, -0.05) is 12.1 Å². The fourth-order valence-corrected chi connectivity index (χ4v) is 3.85. The monoisotopic (exact) mass is 351 g/mol. The fourth-order valence-electron chi connectivity index (χ4n) is 3.85. The lowest BCUT2D eigenvalue weighted by molar-refractivity contribution is -0.126. The van der Waals surface area contributed by atoms with Crippen molar-refractivity contribution in [3.63, 3.8) is 0 Å². The zero-order valence-electron chi connectivity index (χ0n) is 15.2. The standard InChI is InChI=1S/C21H21NO4/c1-20(2)15-7-5-6-14(16(15)21(3,4)19(20)26)17(23)22-13-10-8-12(9-11-13)18(24)25/h5-11H,1-4H3,(H,22,23)(H,24,25). The van der Waals surface area contributed by atoms with E-state index in [0.717, 1.165) is 11.1 Å². The minimum atomic E-state index is -1.02.